The van der Waals surface area contributed by atoms with Crippen LogP contribution in [-0.4, -0.2) is 37.5 Å². The summed E-state index contributed by atoms with van der Waals surface area (Å²) in [7, 11) is 0. The molecule has 1 aromatic carbocycles. The third kappa shape index (κ3) is 4.55. The fourth-order valence-electron chi connectivity index (χ4n) is 2.53. The molecule has 0 radical (unpaired) electrons. The zero-order valence-electron chi connectivity index (χ0n) is 11.4. The average molecular weight is 325 g/mol. The van der Waals surface area contributed by atoms with E-state index in [-0.39, 0.29) is 24.9 Å². The number of piperazine rings is 1. The molecule has 1 atom stereocenters. The maximum absolute atomic E-state index is 12.8. The number of benzene rings is 1. The fraction of sp³-hybridized carbons (Fsp3) is 0.571. The maximum atomic E-state index is 12.8. The predicted octanol–water partition coefficient (Wildman–Crippen LogP) is 3.67. The minimum absolute atomic E-state index is 0. The lowest BCUT2D eigenvalue weighted by molar-refractivity contribution is 0.0739. The normalized spacial score (nSPS) is 17.9. The summed E-state index contributed by atoms with van der Waals surface area (Å²) in [6, 6.07) is 5.37. The molecule has 1 aliphatic rings. The van der Waals surface area contributed by atoms with Crippen molar-refractivity contribution in [2.45, 2.75) is 25.8 Å². The number of rotatable bonds is 4. The van der Waals surface area contributed by atoms with Crippen molar-refractivity contribution in [3.8, 4) is 0 Å². The van der Waals surface area contributed by atoms with Gasteiger partial charge in [-0.25, -0.2) is 8.78 Å². The Kier molecular flexibility index (Phi) is 7.17. The van der Waals surface area contributed by atoms with Gasteiger partial charge in [-0.3, -0.25) is 4.90 Å². The number of halogens is 4. The molecule has 1 aromatic rings. The van der Waals surface area contributed by atoms with Crippen LogP contribution in [0.3, 0.4) is 0 Å². The van der Waals surface area contributed by atoms with Gasteiger partial charge in [0, 0.05) is 43.7 Å². The maximum Gasteiger partial charge on any atom is 0.240 e. The largest absolute Gasteiger partial charge is 0.314 e. The van der Waals surface area contributed by atoms with Crippen molar-refractivity contribution >= 4 is 24.0 Å². The smallest absolute Gasteiger partial charge is 0.240 e. The molecule has 2 rings (SSSR count). The molecular weight excluding hydrogens is 305 g/mol. The van der Waals surface area contributed by atoms with Crippen LogP contribution in [0.15, 0.2) is 18.2 Å². The second kappa shape index (κ2) is 8.13. The highest BCUT2D eigenvalue weighted by molar-refractivity contribution is 6.31. The molecule has 0 aliphatic carbocycles. The minimum Gasteiger partial charge on any atom is -0.314 e. The quantitative estimate of drug-likeness (QED) is 0.909. The van der Waals surface area contributed by atoms with Gasteiger partial charge in [-0.1, -0.05) is 23.7 Å². The average Bonchev–Trinajstić information content (AvgIpc) is 2.40. The van der Waals surface area contributed by atoms with E-state index in [9.17, 15) is 8.78 Å². The van der Waals surface area contributed by atoms with Crippen molar-refractivity contribution in [3.05, 3.63) is 34.3 Å². The third-order valence-corrected chi connectivity index (χ3v) is 3.98. The summed E-state index contributed by atoms with van der Waals surface area (Å²) < 4.78 is 25.7. The van der Waals surface area contributed by atoms with E-state index in [1.54, 1.807) is 6.07 Å². The minimum atomic E-state index is -2.30. The molecule has 1 heterocycles. The van der Waals surface area contributed by atoms with Crippen LogP contribution in [0.5, 0.6) is 0 Å². The Hall–Kier alpha value is -0.420. The van der Waals surface area contributed by atoms with Gasteiger partial charge in [0.1, 0.15) is 0 Å². The summed E-state index contributed by atoms with van der Waals surface area (Å²) in [5.74, 6) is 0. The summed E-state index contributed by atoms with van der Waals surface area (Å²) in [5.41, 5.74) is 1.87. The van der Waals surface area contributed by atoms with E-state index in [1.807, 2.05) is 19.1 Å². The van der Waals surface area contributed by atoms with Gasteiger partial charge in [0.25, 0.3) is 0 Å². The first-order chi connectivity index (χ1) is 9.08. The van der Waals surface area contributed by atoms with Crippen molar-refractivity contribution in [2.75, 3.05) is 26.2 Å². The molecule has 1 aliphatic heterocycles. The Labute approximate surface area is 129 Å². The molecule has 1 fully saturated rings. The predicted molar refractivity (Wildman–Crippen MR) is 81.2 cm³/mol. The molecule has 6 heteroatoms. The van der Waals surface area contributed by atoms with E-state index < -0.39 is 6.43 Å². The number of nitrogens with zero attached hydrogens (tertiary/aromatic N) is 1. The number of alkyl halides is 2. The topological polar surface area (TPSA) is 15.3 Å². The molecule has 0 bridgehead atoms. The van der Waals surface area contributed by atoms with Gasteiger partial charge in [0.05, 0.1) is 0 Å². The van der Waals surface area contributed by atoms with E-state index in [0.717, 1.165) is 37.3 Å². The van der Waals surface area contributed by atoms with Crippen LogP contribution in [0.4, 0.5) is 8.78 Å². The molecule has 1 N–H and O–H groups in total. The van der Waals surface area contributed by atoms with Gasteiger partial charge in [-0.2, -0.15) is 0 Å². The zero-order valence-corrected chi connectivity index (χ0v) is 13.0. The molecule has 0 spiro atoms. The van der Waals surface area contributed by atoms with Crippen LogP contribution >= 0.6 is 24.0 Å². The highest BCUT2D eigenvalue weighted by atomic mass is 35.5. The lowest BCUT2D eigenvalue weighted by Gasteiger charge is -2.35. The van der Waals surface area contributed by atoms with Crippen LogP contribution in [0.2, 0.25) is 5.02 Å². The molecule has 114 valence electrons. The zero-order chi connectivity index (χ0) is 13.8. The van der Waals surface area contributed by atoms with Crippen LogP contribution in [0.1, 0.15) is 23.6 Å². The van der Waals surface area contributed by atoms with E-state index in [0.29, 0.717) is 5.02 Å². The van der Waals surface area contributed by atoms with Crippen molar-refractivity contribution in [1.82, 2.24) is 10.2 Å². The fourth-order valence-corrected chi connectivity index (χ4v) is 2.65. The number of nitrogens with one attached hydrogen (secondary N) is 1. The van der Waals surface area contributed by atoms with E-state index in [4.69, 9.17) is 11.6 Å². The summed E-state index contributed by atoms with van der Waals surface area (Å²) >= 11 is 6.01. The molecule has 0 amide bonds. The van der Waals surface area contributed by atoms with Gasteiger partial charge in [-0.05, 0) is 24.1 Å². The van der Waals surface area contributed by atoms with Crippen molar-refractivity contribution in [3.63, 3.8) is 0 Å². The molecular formula is C14H20Cl2F2N2. The highest BCUT2D eigenvalue weighted by Crippen LogP contribution is 2.30. The second-order valence-corrected chi connectivity index (χ2v) is 5.34. The Bertz CT molecular complexity index is 424. The van der Waals surface area contributed by atoms with Gasteiger partial charge >= 0.3 is 0 Å². The monoisotopic (exact) mass is 324 g/mol. The lowest BCUT2D eigenvalue weighted by atomic mass is 9.99. The summed E-state index contributed by atoms with van der Waals surface area (Å²) in [6.45, 7) is 5.22. The third-order valence-electron chi connectivity index (χ3n) is 3.56. The van der Waals surface area contributed by atoms with Crippen molar-refractivity contribution in [1.29, 1.82) is 0 Å². The van der Waals surface area contributed by atoms with Crippen LogP contribution in [0.25, 0.3) is 0 Å². The lowest BCUT2D eigenvalue weighted by Crippen LogP contribution is -2.45. The number of hydrogen-bond donors (Lipinski definition) is 1. The second-order valence-electron chi connectivity index (χ2n) is 4.94. The number of hydrogen-bond acceptors (Lipinski definition) is 2. The van der Waals surface area contributed by atoms with Gasteiger partial charge < -0.3 is 5.32 Å². The molecule has 1 saturated heterocycles. The summed E-state index contributed by atoms with van der Waals surface area (Å²) in [5, 5.41) is 3.93. The van der Waals surface area contributed by atoms with Gasteiger partial charge in [0.15, 0.2) is 0 Å². The number of aryl methyl sites for hydroxylation is 1. The SMILES string of the molecule is Cc1cc([C@@H](CC(F)F)N2CCNCC2)ccc1Cl.Cl. The Morgan fingerprint density at radius 1 is 1.30 bits per heavy atom. The van der Waals surface area contributed by atoms with Gasteiger partial charge in [-0.15, -0.1) is 12.4 Å². The Morgan fingerprint density at radius 2 is 1.95 bits per heavy atom. The van der Waals surface area contributed by atoms with Crippen LogP contribution in [0, 0.1) is 6.92 Å². The molecule has 0 saturated carbocycles. The molecule has 2 nitrogen and oxygen atoms in total. The first-order valence-electron chi connectivity index (χ1n) is 6.57. The van der Waals surface area contributed by atoms with E-state index in [2.05, 4.69) is 10.2 Å². The van der Waals surface area contributed by atoms with E-state index >= 15 is 0 Å². The standard InChI is InChI=1S/C14H19ClF2N2.ClH/c1-10-8-11(2-3-12(10)15)13(9-14(16)17)19-6-4-18-5-7-19;/h2-3,8,13-14,18H,4-7,9H2,1H3;1H/t13-;/m1./s1. The Morgan fingerprint density at radius 3 is 2.50 bits per heavy atom. The summed E-state index contributed by atoms with van der Waals surface area (Å²) in [6.07, 6.45) is -2.42. The van der Waals surface area contributed by atoms with Crippen LogP contribution in [-0.2, 0) is 0 Å². The molecule has 20 heavy (non-hydrogen) atoms. The van der Waals surface area contributed by atoms with Crippen molar-refractivity contribution in [2.24, 2.45) is 0 Å². The first-order valence-corrected chi connectivity index (χ1v) is 6.94. The molecule has 0 unspecified atom stereocenters. The van der Waals surface area contributed by atoms with E-state index in [1.165, 1.54) is 0 Å². The summed E-state index contributed by atoms with van der Waals surface area (Å²) in [4.78, 5) is 2.13. The van der Waals surface area contributed by atoms with Gasteiger partial charge in [0.2, 0.25) is 6.43 Å². The molecule has 0 aromatic heterocycles. The Balaban J connectivity index is 0.00000200. The highest BCUT2D eigenvalue weighted by Gasteiger charge is 2.25. The first kappa shape index (κ1) is 17.6. The van der Waals surface area contributed by atoms with Crippen LogP contribution < -0.4 is 5.32 Å². The van der Waals surface area contributed by atoms with Crippen molar-refractivity contribution < 1.29 is 8.78 Å².